The van der Waals surface area contributed by atoms with Gasteiger partial charge in [0.1, 0.15) is 12.1 Å². The third-order valence-corrected chi connectivity index (χ3v) is 5.72. The number of benzene rings is 1. The number of ether oxygens (including phenoxy) is 1. The maximum atomic E-state index is 13.0. The molecule has 1 fully saturated rings. The molecule has 3 rings (SSSR count). The van der Waals surface area contributed by atoms with Crippen molar-refractivity contribution in [2.24, 2.45) is 0 Å². The van der Waals surface area contributed by atoms with Crippen LogP contribution in [0.1, 0.15) is 59.1 Å². The van der Waals surface area contributed by atoms with Crippen LogP contribution in [0.4, 0.5) is 4.79 Å². The van der Waals surface area contributed by atoms with E-state index in [2.05, 4.69) is 26.3 Å². The van der Waals surface area contributed by atoms with Crippen molar-refractivity contribution in [3.8, 4) is 0 Å². The lowest BCUT2D eigenvalue weighted by molar-refractivity contribution is -0.123. The highest BCUT2D eigenvalue weighted by molar-refractivity contribution is 9.10. The summed E-state index contributed by atoms with van der Waals surface area (Å²) in [5.74, 6) is -0.218. The molecule has 1 aliphatic rings. The normalized spacial score (nSPS) is 17.0. The first-order chi connectivity index (χ1) is 14.9. The van der Waals surface area contributed by atoms with Gasteiger partial charge in [0.15, 0.2) is 0 Å². The lowest BCUT2D eigenvalue weighted by Crippen LogP contribution is -2.51. The van der Waals surface area contributed by atoms with Gasteiger partial charge in [-0.3, -0.25) is 9.59 Å². The number of hydrogen-bond acceptors (Lipinski definition) is 5. The number of carbonyl (C=O) groups excluding carboxylic acids is 2. The zero-order valence-electron chi connectivity index (χ0n) is 19.3. The predicted octanol–water partition coefficient (Wildman–Crippen LogP) is 3.80. The Morgan fingerprint density at radius 2 is 2.00 bits per heavy atom. The van der Waals surface area contributed by atoms with Crippen LogP contribution in [0.5, 0.6) is 0 Å². The number of aromatic nitrogens is 2. The number of likely N-dealkylation sites (tertiary alicyclic amines) is 1. The van der Waals surface area contributed by atoms with E-state index in [-0.39, 0.29) is 36.1 Å². The van der Waals surface area contributed by atoms with Gasteiger partial charge in [0.05, 0.1) is 11.1 Å². The van der Waals surface area contributed by atoms with Gasteiger partial charge >= 0.3 is 6.09 Å². The van der Waals surface area contributed by atoms with Crippen LogP contribution < -0.4 is 10.9 Å². The molecule has 1 atom stereocenters. The summed E-state index contributed by atoms with van der Waals surface area (Å²) < 4.78 is 7.54. The first-order valence-corrected chi connectivity index (χ1v) is 11.7. The van der Waals surface area contributed by atoms with Crippen LogP contribution in [0.15, 0.2) is 27.5 Å². The highest BCUT2D eigenvalue weighted by Crippen LogP contribution is 2.24. The van der Waals surface area contributed by atoms with E-state index in [1.165, 1.54) is 4.68 Å². The molecule has 1 saturated heterocycles. The third-order valence-electron chi connectivity index (χ3n) is 5.23. The minimum absolute atomic E-state index is 0.0856. The number of amides is 2. The zero-order valence-corrected chi connectivity index (χ0v) is 20.9. The summed E-state index contributed by atoms with van der Waals surface area (Å²) in [7, 11) is 0. The van der Waals surface area contributed by atoms with Crippen molar-refractivity contribution in [1.29, 1.82) is 0 Å². The van der Waals surface area contributed by atoms with Crippen molar-refractivity contribution in [3.63, 3.8) is 0 Å². The lowest BCUT2D eigenvalue weighted by atomic mass is 10.0. The number of nitrogens with one attached hydrogen (secondary N) is 1. The summed E-state index contributed by atoms with van der Waals surface area (Å²) in [4.78, 5) is 39.7. The number of rotatable bonds is 4. The minimum Gasteiger partial charge on any atom is -0.444 e. The monoisotopic (exact) mass is 506 g/mol. The van der Waals surface area contributed by atoms with Gasteiger partial charge < -0.3 is 15.0 Å². The molecular weight excluding hydrogens is 476 g/mol. The van der Waals surface area contributed by atoms with Crippen LogP contribution in [-0.4, -0.2) is 51.4 Å². The summed E-state index contributed by atoms with van der Waals surface area (Å²) in [5, 5.41) is 8.77. The van der Waals surface area contributed by atoms with Gasteiger partial charge in [0, 0.05) is 29.0 Å². The molecule has 8 nitrogen and oxygen atoms in total. The maximum Gasteiger partial charge on any atom is 0.410 e. The van der Waals surface area contributed by atoms with E-state index in [0.29, 0.717) is 18.5 Å². The molecule has 9 heteroatoms. The van der Waals surface area contributed by atoms with E-state index >= 15 is 0 Å². The number of hydrogen-bond donors (Lipinski definition) is 1. The van der Waals surface area contributed by atoms with Crippen LogP contribution in [0.3, 0.4) is 0 Å². The number of carbonyl (C=O) groups is 2. The number of nitrogens with zero attached hydrogens (tertiary/aromatic N) is 3. The summed E-state index contributed by atoms with van der Waals surface area (Å²) in [5.41, 5.74) is -0.103. The second-order valence-electron chi connectivity index (χ2n) is 9.53. The minimum atomic E-state index is -0.570. The molecule has 1 aromatic heterocycles. The Balaban J connectivity index is 1.73. The first kappa shape index (κ1) is 24.2. The molecule has 2 amide bonds. The summed E-state index contributed by atoms with van der Waals surface area (Å²) >= 11 is 3.45. The van der Waals surface area contributed by atoms with Gasteiger partial charge in [-0.05, 0) is 57.7 Å². The fourth-order valence-corrected chi connectivity index (χ4v) is 4.17. The number of halogens is 1. The van der Waals surface area contributed by atoms with E-state index in [4.69, 9.17) is 4.74 Å². The Kier molecular flexibility index (Phi) is 7.27. The Morgan fingerprint density at radius 1 is 1.28 bits per heavy atom. The fraction of sp³-hybridized carbons (Fsp3) is 0.565. The smallest absolute Gasteiger partial charge is 0.410 e. The molecule has 0 spiro atoms. The van der Waals surface area contributed by atoms with Crippen LogP contribution in [0.2, 0.25) is 0 Å². The van der Waals surface area contributed by atoms with Gasteiger partial charge in [-0.2, -0.15) is 5.10 Å². The molecule has 1 N–H and O–H groups in total. The van der Waals surface area contributed by atoms with Gasteiger partial charge in [0.25, 0.3) is 5.56 Å². The topological polar surface area (TPSA) is 93.5 Å². The molecule has 0 bridgehead atoms. The Bertz CT molecular complexity index is 1070. The lowest BCUT2D eigenvalue weighted by Gasteiger charge is -2.34. The van der Waals surface area contributed by atoms with Gasteiger partial charge in [-0.25, -0.2) is 9.48 Å². The van der Waals surface area contributed by atoms with Gasteiger partial charge in [-0.1, -0.05) is 29.8 Å². The molecule has 0 radical (unpaired) electrons. The second kappa shape index (κ2) is 9.60. The van der Waals surface area contributed by atoms with E-state index in [9.17, 15) is 14.4 Å². The highest BCUT2D eigenvalue weighted by Gasteiger charge is 2.28. The molecule has 2 aromatic rings. The van der Waals surface area contributed by atoms with E-state index in [0.717, 1.165) is 28.4 Å². The Morgan fingerprint density at radius 3 is 2.66 bits per heavy atom. The predicted molar refractivity (Wildman–Crippen MR) is 127 cm³/mol. The third kappa shape index (κ3) is 5.88. The molecule has 2 heterocycles. The Labute approximate surface area is 196 Å². The molecule has 1 aliphatic heterocycles. The van der Waals surface area contributed by atoms with Crippen molar-refractivity contribution in [1.82, 2.24) is 20.0 Å². The molecular formula is C23H31BrN4O4. The average molecular weight is 507 g/mol. The van der Waals surface area contributed by atoms with Crippen molar-refractivity contribution in [3.05, 3.63) is 38.7 Å². The molecule has 174 valence electrons. The van der Waals surface area contributed by atoms with Crippen molar-refractivity contribution >= 4 is 38.7 Å². The molecule has 1 aromatic carbocycles. The van der Waals surface area contributed by atoms with Crippen molar-refractivity contribution < 1.29 is 14.3 Å². The summed E-state index contributed by atoms with van der Waals surface area (Å²) in [6.45, 7) is 10.3. The quantitative estimate of drug-likeness (QED) is 0.680. The van der Waals surface area contributed by atoms with Crippen LogP contribution in [0, 0.1) is 0 Å². The summed E-state index contributed by atoms with van der Waals surface area (Å²) in [6, 6.07) is 5.26. The maximum absolute atomic E-state index is 13.0. The van der Waals surface area contributed by atoms with E-state index in [1.807, 2.05) is 46.8 Å². The van der Waals surface area contributed by atoms with Crippen LogP contribution in [0.25, 0.3) is 10.8 Å². The Hall–Kier alpha value is -2.42. The largest absolute Gasteiger partial charge is 0.444 e. The molecule has 0 aliphatic carbocycles. The highest BCUT2D eigenvalue weighted by atomic mass is 79.9. The molecule has 0 saturated carbocycles. The number of piperidine rings is 1. The van der Waals surface area contributed by atoms with Crippen LogP contribution in [-0.2, 0) is 16.1 Å². The SMILES string of the molecule is CC(C)c1nn(CC(=O)N[C@@H]2CCCN(C(=O)OC(C)(C)C)C2)c(=O)c2ccc(Br)cc12. The van der Waals surface area contributed by atoms with E-state index in [1.54, 1.807) is 11.0 Å². The fourth-order valence-electron chi connectivity index (χ4n) is 3.81. The van der Waals surface area contributed by atoms with Crippen molar-refractivity contribution in [2.45, 2.75) is 71.6 Å². The van der Waals surface area contributed by atoms with Gasteiger partial charge in [-0.15, -0.1) is 0 Å². The van der Waals surface area contributed by atoms with Crippen LogP contribution >= 0.6 is 15.9 Å². The van der Waals surface area contributed by atoms with Gasteiger partial charge in [0.2, 0.25) is 5.91 Å². The standard InChI is InChI=1S/C23H31BrN4O4/c1-14(2)20-18-11-15(24)8-9-17(18)21(30)28(26-20)13-19(29)25-16-7-6-10-27(12-16)22(31)32-23(3,4)5/h8-9,11,14,16H,6-7,10,12-13H2,1-5H3,(H,25,29)/t16-/m1/s1. The molecule has 0 unspecified atom stereocenters. The second-order valence-corrected chi connectivity index (χ2v) is 10.4. The number of fused-ring (bicyclic) bond motifs is 1. The summed E-state index contributed by atoms with van der Waals surface area (Å²) in [6.07, 6.45) is 1.15. The van der Waals surface area contributed by atoms with E-state index < -0.39 is 5.60 Å². The zero-order chi connectivity index (χ0) is 23.6. The average Bonchev–Trinajstić information content (AvgIpc) is 2.68. The first-order valence-electron chi connectivity index (χ1n) is 10.9. The molecule has 32 heavy (non-hydrogen) atoms. The van der Waals surface area contributed by atoms with Crippen molar-refractivity contribution in [2.75, 3.05) is 13.1 Å².